The number of carbonyl (C=O) groups excluding carboxylic acids is 1. The molecule has 0 aromatic rings. The lowest BCUT2D eigenvalue weighted by Crippen LogP contribution is -2.48. The zero-order valence-corrected chi connectivity index (χ0v) is 6.70. The number of nitrogens with two attached hydrogens (primary N) is 1. The molecule has 1 aliphatic rings. The fraction of sp³-hybridized carbons (Fsp3) is 0.857. The van der Waals surface area contributed by atoms with Gasteiger partial charge in [0.1, 0.15) is 0 Å². The minimum absolute atomic E-state index is 0.0949. The highest BCUT2D eigenvalue weighted by Gasteiger charge is 2.47. The van der Waals surface area contributed by atoms with Crippen LogP contribution in [0.5, 0.6) is 0 Å². The third-order valence-electron chi connectivity index (χ3n) is 2.13. The summed E-state index contributed by atoms with van der Waals surface area (Å²) >= 11 is 0. The molecule has 1 saturated heterocycles. The predicted molar refractivity (Wildman–Crippen MR) is 38.8 cm³/mol. The summed E-state index contributed by atoms with van der Waals surface area (Å²) in [7, 11) is 0. The van der Waals surface area contributed by atoms with Crippen molar-refractivity contribution in [1.82, 2.24) is 0 Å². The molecule has 11 heavy (non-hydrogen) atoms. The van der Waals surface area contributed by atoms with Crippen molar-refractivity contribution in [3.05, 3.63) is 0 Å². The Morgan fingerprint density at radius 1 is 1.73 bits per heavy atom. The number of ether oxygens (including phenoxy) is 1. The molecule has 0 spiro atoms. The Morgan fingerprint density at radius 3 is 2.45 bits per heavy atom. The Bertz CT molecular complexity index is 183. The lowest BCUT2D eigenvalue weighted by atomic mass is 9.94. The molecule has 1 rings (SSSR count). The van der Waals surface area contributed by atoms with Gasteiger partial charge in [0.15, 0.2) is 5.60 Å². The molecule has 0 saturated carbocycles. The molecular formula is C7H13NO3. The smallest absolute Gasteiger partial charge is 0.252 e. The summed E-state index contributed by atoms with van der Waals surface area (Å²) in [5, 5.41) is 9.61. The first-order valence-corrected chi connectivity index (χ1v) is 3.64. The normalized spacial score (nSPS) is 44.3. The zero-order chi connectivity index (χ0) is 8.65. The number of hydrogen-bond donors (Lipinski definition) is 2. The van der Waals surface area contributed by atoms with Gasteiger partial charge in [-0.3, -0.25) is 4.79 Å². The number of carbonyl (C=O) groups is 1. The second-order valence-electron chi connectivity index (χ2n) is 3.08. The predicted octanol–water partition coefficient (Wildman–Crippen LogP) is -0.600. The van der Waals surface area contributed by atoms with Gasteiger partial charge in [-0.25, -0.2) is 0 Å². The molecular weight excluding hydrogens is 146 g/mol. The summed E-state index contributed by atoms with van der Waals surface area (Å²) in [6, 6.07) is 0. The summed E-state index contributed by atoms with van der Waals surface area (Å²) in [5.41, 5.74) is 3.56. The van der Waals surface area contributed by atoms with E-state index in [9.17, 15) is 9.90 Å². The van der Waals surface area contributed by atoms with Crippen LogP contribution >= 0.6 is 0 Å². The largest absolute Gasteiger partial charge is 0.377 e. The van der Waals surface area contributed by atoms with Crippen LogP contribution in [-0.4, -0.2) is 28.8 Å². The van der Waals surface area contributed by atoms with Crippen LogP contribution in [0, 0.1) is 0 Å². The highest BCUT2D eigenvalue weighted by atomic mass is 16.5. The zero-order valence-electron chi connectivity index (χ0n) is 6.70. The van der Waals surface area contributed by atoms with E-state index >= 15 is 0 Å². The van der Waals surface area contributed by atoms with Gasteiger partial charge in [-0.2, -0.15) is 0 Å². The molecule has 64 valence electrons. The summed E-state index contributed by atoms with van der Waals surface area (Å²) in [5.74, 6) is -0.700. The van der Waals surface area contributed by atoms with Gasteiger partial charge in [0, 0.05) is 6.42 Å². The molecule has 1 amide bonds. The van der Waals surface area contributed by atoms with Crippen LogP contribution in [0.2, 0.25) is 0 Å². The average molecular weight is 159 g/mol. The van der Waals surface area contributed by atoms with E-state index in [1.807, 2.05) is 0 Å². The molecule has 0 bridgehead atoms. The number of hydrogen-bond acceptors (Lipinski definition) is 3. The van der Waals surface area contributed by atoms with Crippen molar-refractivity contribution in [3.63, 3.8) is 0 Å². The van der Waals surface area contributed by atoms with Crippen LogP contribution in [0.1, 0.15) is 20.3 Å². The lowest BCUT2D eigenvalue weighted by molar-refractivity contribution is -0.141. The Kier molecular flexibility index (Phi) is 1.90. The lowest BCUT2D eigenvalue weighted by Gasteiger charge is -2.20. The van der Waals surface area contributed by atoms with Crippen molar-refractivity contribution in [2.45, 2.75) is 38.1 Å². The first kappa shape index (κ1) is 8.49. The first-order valence-electron chi connectivity index (χ1n) is 3.64. The van der Waals surface area contributed by atoms with Crippen LogP contribution in [0.25, 0.3) is 0 Å². The monoisotopic (exact) mass is 159 g/mol. The van der Waals surface area contributed by atoms with Crippen molar-refractivity contribution >= 4 is 5.91 Å². The average Bonchev–Trinajstić information content (AvgIpc) is 2.08. The first-order chi connectivity index (χ1) is 4.97. The van der Waals surface area contributed by atoms with Crippen LogP contribution in [0.4, 0.5) is 0 Å². The number of aliphatic hydroxyl groups is 1. The Hall–Kier alpha value is -0.610. The minimum atomic E-state index is -1.46. The van der Waals surface area contributed by atoms with E-state index in [0.717, 1.165) is 0 Å². The van der Waals surface area contributed by atoms with Crippen molar-refractivity contribution in [3.8, 4) is 0 Å². The van der Waals surface area contributed by atoms with Gasteiger partial charge in [-0.15, -0.1) is 0 Å². The summed E-state index contributed by atoms with van der Waals surface area (Å²) < 4.78 is 5.19. The highest BCUT2D eigenvalue weighted by Crippen LogP contribution is 2.29. The Balaban J connectivity index is 2.79. The van der Waals surface area contributed by atoms with E-state index < -0.39 is 17.6 Å². The van der Waals surface area contributed by atoms with Crippen molar-refractivity contribution < 1.29 is 14.6 Å². The molecule has 1 aliphatic heterocycles. The fourth-order valence-corrected chi connectivity index (χ4v) is 1.41. The van der Waals surface area contributed by atoms with Gasteiger partial charge in [-0.05, 0) is 13.8 Å². The van der Waals surface area contributed by atoms with Gasteiger partial charge in [-0.1, -0.05) is 0 Å². The SMILES string of the molecule is CC1CC(O)(C(N)=O)C(C)O1. The van der Waals surface area contributed by atoms with Crippen LogP contribution in [-0.2, 0) is 9.53 Å². The van der Waals surface area contributed by atoms with E-state index in [1.54, 1.807) is 13.8 Å². The van der Waals surface area contributed by atoms with Crippen LogP contribution < -0.4 is 5.73 Å². The molecule has 0 radical (unpaired) electrons. The topological polar surface area (TPSA) is 72.5 Å². The maximum atomic E-state index is 10.8. The molecule has 1 heterocycles. The maximum absolute atomic E-state index is 10.8. The van der Waals surface area contributed by atoms with E-state index in [-0.39, 0.29) is 6.10 Å². The van der Waals surface area contributed by atoms with Gasteiger partial charge in [0.2, 0.25) is 0 Å². The summed E-state index contributed by atoms with van der Waals surface area (Å²) in [4.78, 5) is 10.8. The molecule has 1 fully saturated rings. The molecule has 3 atom stereocenters. The third-order valence-corrected chi connectivity index (χ3v) is 2.13. The molecule has 3 unspecified atom stereocenters. The molecule has 3 N–H and O–H groups in total. The molecule has 0 aromatic carbocycles. The second kappa shape index (κ2) is 2.46. The fourth-order valence-electron chi connectivity index (χ4n) is 1.41. The highest BCUT2D eigenvalue weighted by molar-refractivity contribution is 5.84. The number of primary amides is 1. The van der Waals surface area contributed by atoms with Crippen LogP contribution in [0.3, 0.4) is 0 Å². The van der Waals surface area contributed by atoms with Crippen molar-refractivity contribution in [2.24, 2.45) is 5.73 Å². The van der Waals surface area contributed by atoms with Gasteiger partial charge >= 0.3 is 0 Å². The van der Waals surface area contributed by atoms with Crippen molar-refractivity contribution in [1.29, 1.82) is 0 Å². The maximum Gasteiger partial charge on any atom is 0.252 e. The number of amides is 1. The van der Waals surface area contributed by atoms with E-state index in [1.165, 1.54) is 0 Å². The molecule has 4 nitrogen and oxygen atoms in total. The molecule has 0 aromatic heterocycles. The van der Waals surface area contributed by atoms with Gasteiger partial charge in [0.05, 0.1) is 12.2 Å². The summed E-state index contributed by atoms with van der Waals surface area (Å²) in [6.45, 7) is 3.45. The van der Waals surface area contributed by atoms with Crippen molar-refractivity contribution in [2.75, 3.05) is 0 Å². The van der Waals surface area contributed by atoms with E-state index in [0.29, 0.717) is 6.42 Å². The third kappa shape index (κ3) is 1.23. The van der Waals surface area contributed by atoms with Gasteiger partial charge in [0.25, 0.3) is 5.91 Å². The van der Waals surface area contributed by atoms with Gasteiger partial charge < -0.3 is 15.6 Å². The van der Waals surface area contributed by atoms with Crippen LogP contribution in [0.15, 0.2) is 0 Å². The second-order valence-corrected chi connectivity index (χ2v) is 3.08. The summed E-state index contributed by atoms with van der Waals surface area (Å²) in [6.07, 6.45) is -0.291. The Labute approximate surface area is 65.3 Å². The number of rotatable bonds is 1. The Morgan fingerprint density at radius 2 is 2.27 bits per heavy atom. The molecule has 0 aliphatic carbocycles. The van der Waals surface area contributed by atoms with E-state index in [2.05, 4.69) is 0 Å². The standard InChI is InChI=1S/C7H13NO3/c1-4-3-7(10,6(8)9)5(2)11-4/h4-5,10H,3H2,1-2H3,(H2,8,9). The quantitative estimate of drug-likeness (QED) is 0.536. The molecule has 4 heteroatoms. The minimum Gasteiger partial charge on any atom is -0.377 e. The van der Waals surface area contributed by atoms with E-state index in [4.69, 9.17) is 10.5 Å².